The van der Waals surface area contributed by atoms with E-state index in [1.165, 1.54) is 45.4 Å². The molecule has 0 heterocycles. The van der Waals surface area contributed by atoms with E-state index in [4.69, 9.17) is 15.3 Å². The zero-order valence-corrected chi connectivity index (χ0v) is 17.6. The molecule has 0 amide bonds. The summed E-state index contributed by atoms with van der Waals surface area (Å²) in [5, 5.41) is 44.8. The molecular formula is C21H42O7. The van der Waals surface area contributed by atoms with E-state index in [2.05, 4.69) is 4.74 Å². The van der Waals surface area contributed by atoms with E-state index in [0.717, 1.165) is 38.5 Å². The summed E-state index contributed by atoms with van der Waals surface area (Å²) in [7, 11) is 0. The van der Waals surface area contributed by atoms with Crippen molar-refractivity contribution in [2.45, 2.75) is 128 Å². The van der Waals surface area contributed by atoms with Gasteiger partial charge < -0.3 is 30.3 Å². The summed E-state index contributed by atoms with van der Waals surface area (Å²) in [6, 6.07) is 0. The van der Waals surface area contributed by atoms with Crippen LogP contribution in [0.5, 0.6) is 0 Å². The molecule has 0 aliphatic heterocycles. The highest BCUT2D eigenvalue weighted by Gasteiger charge is 2.25. The molecule has 0 spiro atoms. The van der Waals surface area contributed by atoms with Crippen molar-refractivity contribution in [1.29, 1.82) is 0 Å². The fourth-order valence-electron chi connectivity index (χ4n) is 3.06. The molecule has 0 aromatic heterocycles. The van der Waals surface area contributed by atoms with E-state index in [-0.39, 0.29) is 19.3 Å². The molecule has 7 nitrogen and oxygen atoms in total. The molecule has 0 atom stereocenters. The van der Waals surface area contributed by atoms with Crippen LogP contribution >= 0.6 is 0 Å². The van der Waals surface area contributed by atoms with Crippen molar-refractivity contribution in [2.24, 2.45) is 0 Å². The highest BCUT2D eigenvalue weighted by atomic mass is 16.8. The molecule has 0 rings (SSSR count). The van der Waals surface area contributed by atoms with Crippen LogP contribution in [-0.4, -0.2) is 43.4 Å². The second-order valence-corrected chi connectivity index (χ2v) is 7.79. The van der Waals surface area contributed by atoms with Gasteiger partial charge in [0.1, 0.15) is 0 Å². The van der Waals surface area contributed by atoms with Crippen molar-refractivity contribution in [1.82, 2.24) is 0 Å². The zero-order chi connectivity index (χ0) is 21.3. The van der Waals surface area contributed by atoms with Crippen molar-refractivity contribution >= 4 is 5.97 Å². The normalized spacial score (nSPS) is 12.4. The Kier molecular flexibility index (Phi) is 15.7. The number of hydrogen-bond donors (Lipinski definition) is 5. The van der Waals surface area contributed by atoms with E-state index in [9.17, 15) is 15.0 Å². The third kappa shape index (κ3) is 20.0. The Bertz CT molecular complexity index is 377. The van der Waals surface area contributed by atoms with E-state index in [1.807, 2.05) is 0 Å². The first-order chi connectivity index (χ1) is 13.2. The molecule has 0 saturated carbocycles. The van der Waals surface area contributed by atoms with Gasteiger partial charge in [-0.2, -0.15) is 0 Å². The van der Waals surface area contributed by atoms with Crippen LogP contribution in [0.25, 0.3) is 0 Å². The summed E-state index contributed by atoms with van der Waals surface area (Å²) >= 11 is 0. The molecule has 7 heteroatoms. The van der Waals surface area contributed by atoms with Crippen molar-refractivity contribution in [3.8, 4) is 0 Å². The van der Waals surface area contributed by atoms with E-state index < -0.39 is 17.9 Å². The lowest BCUT2D eigenvalue weighted by atomic mass is 10.0. The molecule has 168 valence electrons. The number of hydrogen-bond acceptors (Lipinski definition) is 7. The largest absolute Gasteiger partial charge is 0.408 e. The van der Waals surface area contributed by atoms with E-state index in [0.29, 0.717) is 12.8 Å². The number of carbonyl (C=O) groups is 1. The van der Waals surface area contributed by atoms with Gasteiger partial charge in [-0.15, -0.1) is 0 Å². The first kappa shape index (κ1) is 27.3. The van der Waals surface area contributed by atoms with E-state index in [1.54, 1.807) is 0 Å². The minimum absolute atomic E-state index is 0.0158. The predicted octanol–water partition coefficient (Wildman–Crippen LogP) is 3.45. The Morgan fingerprint density at radius 1 is 0.643 bits per heavy atom. The van der Waals surface area contributed by atoms with Gasteiger partial charge in [0.2, 0.25) is 0 Å². The average Bonchev–Trinajstić information content (AvgIpc) is 2.60. The van der Waals surface area contributed by atoms with Crippen LogP contribution in [0.1, 0.15) is 116 Å². The highest BCUT2D eigenvalue weighted by Crippen LogP contribution is 2.15. The van der Waals surface area contributed by atoms with Crippen LogP contribution in [0.2, 0.25) is 0 Å². The Labute approximate surface area is 169 Å². The van der Waals surface area contributed by atoms with Crippen molar-refractivity contribution in [2.75, 3.05) is 0 Å². The summed E-state index contributed by atoms with van der Waals surface area (Å²) in [4.78, 5) is 11.4. The first-order valence-corrected chi connectivity index (χ1v) is 11.0. The molecule has 5 N–H and O–H groups in total. The van der Waals surface area contributed by atoms with Crippen molar-refractivity contribution in [3.05, 3.63) is 0 Å². The van der Waals surface area contributed by atoms with Gasteiger partial charge >= 0.3 is 11.9 Å². The summed E-state index contributed by atoms with van der Waals surface area (Å²) in [6.45, 7) is 1.54. The monoisotopic (exact) mass is 406 g/mol. The van der Waals surface area contributed by atoms with Gasteiger partial charge in [-0.3, -0.25) is 4.79 Å². The molecule has 0 unspecified atom stereocenters. The van der Waals surface area contributed by atoms with Gasteiger partial charge in [0, 0.05) is 19.3 Å². The van der Waals surface area contributed by atoms with Gasteiger partial charge in [-0.05, 0) is 12.8 Å². The van der Waals surface area contributed by atoms with Crippen LogP contribution in [-0.2, 0) is 9.53 Å². The highest BCUT2D eigenvalue weighted by molar-refractivity contribution is 5.69. The number of aliphatic hydroxyl groups is 5. The van der Waals surface area contributed by atoms with Gasteiger partial charge in [0.05, 0.1) is 0 Å². The lowest BCUT2D eigenvalue weighted by Crippen LogP contribution is -2.33. The minimum atomic E-state index is -2.51. The third-order valence-corrected chi connectivity index (χ3v) is 4.88. The number of carbonyl (C=O) groups excluding carboxylic acids is 1. The molecule has 0 aliphatic rings. The summed E-state index contributed by atoms with van der Waals surface area (Å²) in [6.07, 6.45) is 15.3. The Morgan fingerprint density at radius 2 is 1.00 bits per heavy atom. The molecule has 0 radical (unpaired) electrons. The van der Waals surface area contributed by atoms with Crippen LogP contribution in [0.15, 0.2) is 0 Å². The van der Waals surface area contributed by atoms with Crippen LogP contribution < -0.4 is 0 Å². The van der Waals surface area contributed by atoms with Crippen LogP contribution in [0, 0.1) is 0 Å². The fourth-order valence-corrected chi connectivity index (χ4v) is 3.06. The summed E-state index contributed by atoms with van der Waals surface area (Å²) < 4.78 is 4.56. The lowest BCUT2D eigenvalue weighted by Gasteiger charge is -2.19. The number of unbranched alkanes of at least 4 members (excludes halogenated alkanes) is 13. The molecule has 0 fully saturated rings. The average molecular weight is 407 g/mol. The second kappa shape index (κ2) is 16.1. The molecule has 0 aromatic carbocycles. The van der Waals surface area contributed by atoms with Gasteiger partial charge in [-0.1, -0.05) is 84.0 Å². The van der Waals surface area contributed by atoms with Crippen molar-refractivity contribution < 1.29 is 35.1 Å². The van der Waals surface area contributed by atoms with Gasteiger partial charge in [0.15, 0.2) is 0 Å². The Hall–Kier alpha value is -0.730. The molecule has 0 aliphatic carbocycles. The quantitative estimate of drug-likeness (QED) is 0.126. The maximum absolute atomic E-state index is 11.4. The van der Waals surface area contributed by atoms with E-state index >= 15 is 0 Å². The predicted molar refractivity (Wildman–Crippen MR) is 107 cm³/mol. The number of rotatable bonds is 19. The number of ether oxygens (including phenoxy) is 1. The van der Waals surface area contributed by atoms with Crippen molar-refractivity contribution in [3.63, 3.8) is 0 Å². The van der Waals surface area contributed by atoms with Gasteiger partial charge in [-0.25, -0.2) is 0 Å². The molecule has 0 bridgehead atoms. The molecule has 0 saturated heterocycles. The summed E-state index contributed by atoms with van der Waals surface area (Å²) in [5.41, 5.74) is 0. The zero-order valence-electron chi connectivity index (χ0n) is 17.6. The minimum Gasteiger partial charge on any atom is -0.408 e. The SMILES string of the molecule is CCC(O)(O)OC(=O)CCCCCCCCCCCCCCCCC(O)(O)O. The smallest absolute Gasteiger partial charge is 0.323 e. The third-order valence-electron chi connectivity index (χ3n) is 4.88. The maximum atomic E-state index is 11.4. The molecular weight excluding hydrogens is 364 g/mol. The number of esters is 1. The summed E-state index contributed by atoms with van der Waals surface area (Å²) in [5.74, 6) is -5.40. The Morgan fingerprint density at radius 3 is 1.36 bits per heavy atom. The first-order valence-electron chi connectivity index (χ1n) is 11.0. The fraction of sp³-hybridized carbons (Fsp3) is 0.952. The molecule has 0 aromatic rings. The van der Waals surface area contributed by atoms with Crippen LogP contribution in [0.3, 0.4) is 0 Å². The van der Waals surface area contributed by atoms with Crippen LogP contribution in [0.4, 0.5) is 0 Å². The standard InChI is InChI=1S/C21H42O7/c1-2-21(26,27)28-19(22)17-15-13-11-9-7-5-3-4-6-8-10-12-14-16-18-20(23,24)25/h23-27H,2-18H2,1H3. The topological polar surface area (TPSA) is 127 Å². The lowest BCUT2D eigenvalue weighted by molar-refractivity contribution is -0.320. The molecule has 28 heavy (non-hydrogen) atoms. The second-order valence-electron chi connectivity index (χ2n) is 7.79. The maximum Gasteiger partial charge on any atom is 0.323 e. The van der Waals surface area contributed by atoms with Gasteiger partial charge in [0.25, 0.3) is 5.97 Å². The Balaban J connectivity index is 3.23.